The van der Waals surface area contributed by atoms with Crippen molar-refractivity contribution in [1.29, 1.82) is 0 Å². The third-order valence-electron chi connectivity index (χ3n) is 4.35. The molecule has 0 radical (unpaired) electrons. The highest BCUT2D eigenvalue weighted by atomic mass is 32.1. The summed E-state index contributed by atoms with van der Waals surface area (Å²) in [5, 5.41) is 4.38. The Bertz CT molecular complexity index is 651. The number of benzene rings is 1. The van der Waals surface area contributed by atoms with E-state index in [4.69, 9.17) is 4.74 Å². The first kappa shape index (κ1) is 15.3. The van der Waals surface area contributed by atoms with Gasteiger partial charge in [0.1, 0.15) is 5.75 Å². The minimum atomic E-state index is 0.0970. The van der Waals surface area contributed by atoms with Crippen molar-refractivity contribution in [2.45, 2.75) is 32.4 Å². The maximum Gasteiger partial charge on any atom is 0.159 e. The Balaban J connectivity index is 1.85. The van der Waals surface area contributed by atoms with Gasteiger partial charge in [-0.05, 0) is 66.9 Å². The molecule has 1 unspecified atom stereocenters. The van der Waals surface area contributed by atoms with Crippen molar-refractivity contribution in [3.8, 4) is 5.75 Å². The van der Waals surface area contributed by atoms with Crippen LogP contribution >= 0.6 is 11.3 Å². The smallest absolute Gasteiger partial charge is 0.159 e. The van der Waals surface area contributed by atoms with Gasteiger partial charge < -0.3 is 4.74 Å². The molecule has 1 aliphatic rings. The highest BCUT2D eigenvalue weighted by Crippen LogP contribution is 2.35. The lowest BCUT2D eigenvalue weighted by atomic mass is 10.0. The van der Waals surface area contributed by atoms with Crippen molar-refractivity contribution in [1.82, 2.24) is 4.90 Å². The van der Waals surface area contributed by atoms with E-state index in [9.17, 15) is 4.79 Å². The molecule has 0 spiro atoms. The van der Waals surface area contributed by atoms with Crippen LogP contribution in [0.2, 0.25) is 0 Å². The molecule has 0 amide bonds. The second-order valence-electron chi connectivity index (χ2n) is 5.77. The van der Waals surface area contributed by atoms with E-state index < -0.39 is 0 Å². The van der Waals surface area contributed by atoms with E-state index in [0.29, 0.717) is 6.04 Å². The monoisotopic (exact) mass is 315 g/mol. The molecule has 1 atom stereocenters. The van der Waals surface area contributed by atoms with Gasteiger partial charge >= 0.3 is 0 Å². The predicted octanol–water partition coefficient (Wildman–Crippen LogP) is 4.30. The largest absolute Gasteiger partial charge is 0.496 e. The molecule has 0 bridgehead atoms. The number of rotatable bonds is 5. The molecule has 3 rings (SSSR count). The number of ether oxygens (including phenoxy) is 1. The zero-order valence-electron chi connectivity index (χ0n) is 13.0. The molecular weight excluding hydrogens is 294 g/mol. The lowest BCUT2D eigenvalue weighted by Crippen LogP contribution is -2.23. The molecule has 0 N–H and O–H groups in total. The van der Waals surface area contributed by atoms with Gasteiger partial charge in [0.25, 0.3) is 0 Å². The van der Waals surface area contributed by atoms with Crippen LogP contribution in [0.3, 0.4) is 0 Å². The second-order valence-corrected chi connectivity index (χ2v) is 6.55. The van der Waals surface area contributed by atoms with Crippen LogP contribution in [0.1, 0.15) is 47.3 Å². The molecule has 0 aliphatic carbocycles. The fraction of sp³-hybridized carbons (Fsp3) is 0.389. The first-order chi connectivity index (χ1) is 10.7. The third kappa shape index (κ3) is 3.08. The van der Waals surface area contributed by atoms with Crippen LogP contribution in [0.4, 0.5) is 0 Å². The van der Waals surface area contributed by atoms with Gasteiger partial charge in [-0.3, -0.25) is 9.69 Å². The van der Waals surface area contributed by atoms with Crippen molar-refractivity contribution in [3.63, 3.8) is 0 Å². The van der Waals surface area contributed by atoms with Crippen LogP contribution in [0.5, 0.6) is 5.75 Å². The lowest BCUT2D eigenvalue weighted by molar-refractivity contribution is 0.101. The number of hydrogen-bond acceptors (Lipinski definition) is 4. The molecule has 22 heavy (non-hydrogen) atoms. The number of methoxy groups -OCH3 is 1. The number of nitrogens with zero attached hydrogens (tertiary/aromatic N) is 1. The standard InChI is InChI=1S/C18H21NO2S/c1-13(20)14-5-6-18(21-2)16(10-14)11-19-8-3-4-17(19)15-7-9-22-12-15/h5-7,9-10,12,17H,3-4,8,11H2,1-2H3. The highest BCUT2D eigenvalue weighted by molar-refractivity contribution is 7.07. The minimum Gasteiger partial charge on any atom is -0.496 e. The summed E-state index contributed by atoms with van der Waals surface area (Å²) in [6.45, 7) is 3.52. The molecule has 2 heterocycles. The number of ketones is 1. The van der Waals surface area contributed by atoms with Crippen LogP contribution in [0.15, 0.2) is 35.0 Å². The summed E-state index contributed by atoms with van der Waals surface area (Å²) in [6, 6.07) is 8.42. The number of carbonyl (C=O) groups is 1. The molecule has 1 aliphatic heterocycles. The molecular formula is C18H21NO2S. The van der Waals surface area contributed by atoms with Crippen molar-refractivity contribution < 1.29 is 9.53 Å². The summed E-state index contributed by atoms with van der Waals surface area (Å²) in [6.07, 6.45) is 2.42. The summed E-state index contributed by atoms with van der Waals surface area (Å²) >= 11 is 1.75. The van der Waals surface area contributed by atoms with E-state index in [1.165, 1.54) is 18.4 Å². The Kier molecular flexibility index (Phi) is 4.60. The van der Waals surface area contributed by atoms with Gasteiger partial charge in [-0.15, -0.1) is 0 Å². The van der Waals surface area contributed by atoms with Crippen LogP contribution in [0.25, 0.3) is 0 Å². The minimum absolute atomic E-state index is 0.0970. The summed E-state index contributed by atoms with van der Waals surface area (Å²) in [5.74, 6) is 0.959. The van der Waals surface area contributed by atoms with Gasteiger partial charge in [0.15, 0.2) is 5.78 Å². The molecule has 1 aromatic heterocycles. The summed E-state index contributed by atoms with van der Waals surface area (Å²) in [4.78, 5) is 14.1. The number of likely N-dealkylation sites (tertiary alicyclic amines) is 1. The lowest BCUT2D eigenvalue weighted by Gasteiger charge is -2.25. The first-order valence-corrected chi connectivity index (χ1v) is 8.57. The van der Waals surface area contributed by atoms with Gasteiger partial charge in [0.2, 0.25) is 0 Å². The summed E-state index contributed by atoms with van der Waals surface area (Å²) < 4.78 is 5.48. The third-order valence-corrected chi connectivity index (χ3v) is 5.05. The Morgan fingerprint density at radius 1 is 1.41 bits per heavy atom. The number of carbonyl (C=O) groups excluding carboxylic acids is 1. The molecule has 1 fully saturated rings. The fourth-order valence-corrected chi connectivity index (χ4v) is 3.90. The molecule has 0 saturated carbocycles. The van der Waals surface area contributed by atoms with Gasteiger partial charge in [0, 0.05) is 23.7 Å². The first-order valence-electron chi connectivity index (χ1n) is 7.63. The zero-order chi connectivity index (χ0) is 15.5. The SMILES string of the molecule is COc1ccc(C(C)=O)cc1CN1CCCC1c1ccsc1. The Morgan fingerprint density at radius 2 is 2.27 bits per heavy atom. The van der Waals surface area contributed by atoms with Crippen LogP contribution in [-0.2, 0) is 6.54 Å². The molecule has 3 nitrogen and oxygen atoms in total. The maximum atomic E-state index is 11.6. The Morgan fingerprint density at radius 3 is 2.95 bits per heavy atom. The van der Waals surface area contributed by atoms with E-state index in [0.717, 1.165) is 30.0 Å². The van der Waals surface area contributed by atoms with Crippen molar-refractivity contribution in [2.24, 2.45) is 0 Å². The topological polar surface area (TPSA) is 29.5 Å². The number of thiophene rings is 1. The van der Waals surface area contributed by atoms with Crippen molar-refractivity contribution in [3.05, 3.63) is 51.7 Å². The maximum absolute atomic E-state index is 11.6. The zero-order valence-corrected chi connectivity index (χ0v) is 13.9. The fourth-order valence-electron chi connectivity index (χ4n) is 3.20. The molecule has 2 aromatic rings. The van der Waals surface area contributed by atoms with Crippen molar-refractivity contribution in [2.75, 3.05) is 13.7 Å². The van der Waals surface area contributed by atoms with Gasteiger partial charge in [-0.1, -0.05) is 0 Å². The van der Waals surface area contributed by atoms with Crippen LogP contribution in [-0.4, -0.2) is 24.3 Å². The Labute approximate surface area is 135 Å². The van der Waals surface area contributed by atoms with E-state index in [-0.39, 0.29) is 5.78 Å². The van der Waals surface area contributed by atoms with Gasteiger partial charge in [-0.2, -0.15) is 11.3 Å². The average Bonchev–Trinajstić information content (AvgIpc) is 3.17. The second kappa shape index (κ2) is 6.63. The van der Waals surface area contributed by atoms with E-state index in [1.54, 1.807) is 25.4 Å². The van der Waals surface area contributed by atoms with Crippen LogP contribution in [0, 0.1) is 0 Å². The molecule has 1 saturated heterocycles. The van der Waals surface area contributed by atoms with Gasteiger partial charge in [-0.25, -0.2) is 0 Å². The normalized spacial score (nSPS) is 18.5. The number of Topliss-reactive ketones (excluding diaryl/α,β-unsaturated/α-hetero) is 1. The predicted molar refractivity (Wildman–Crippen MR) is 89.7 cm³/mol. The van der Waals surface area contributed by atoms with Crippen molar-refractivity contribution >= 4 is 17.1 Å². The van der Waals surface area contributed by atoms with Crippen LogP contribution < -0.4 is 4.74 Å². The number of hydrogen-bond donors (Lipinski definition) is 0. The quantitative estimate of drug-likeness (QED) is 0.771. The van der Waals surface area contributed by atoms with E-state index in [2.05, 4.69) is 21.7 Å². The summed E-state index contributed by atoms with van der Waals surface area (Å²) in [5.41, 5.74) is 3.25. The van der Waals surface area contributed by atoms with Gasteiger partial charge in [0.05, 0.1) is 7.11 Å². The van der Waals surface area contributed by atoms with E-state index >= 15 is 0 Å². The molecule has 116 valence electrons. The molecule has 1 aromatic carbocycles. The summed E-state index contributed by atoms with van der Waals surface area (Å²) in [7, 11) is 1.69. The highest BCUT2D eigenvalue weighted by Gasteiger charge is 2.27. The Hall–Kier alpha value is -1.65. The molecule has 4 heteroatoms. The van der Waals surface area contributed by atoms with E-state index in [1.807, 2.05) is 18.2 Å². The average molecular weight is 315 g/mol.